The van der Waals surface area contributed by atoms with E-state index in [2.05, 4.69) is 0 Å². The van der Waals surface area contributed by atoms with E-state index >= 15 is 0 Å². The molecule has 0 aliphatic heterocycles. The van der Waals surface area contributed by atoms with Crippen molar-refractivity contribution in [2.45, 2.75) is 12.8 Å². The third-order valence-electron chi connectivity index (χ3n) is 1.69. The lowest BCUT2D eigenvalue weighted by Gasteiger charge is -2.03. The molecule has 2 N–H and O–H groups in total. The van der Waals surface area contributed by atoms with Crippen molar-refractivity contribution < 1.29 is 4.39 Å². The van der Waals surface area contributed by atoms with Crippen LogP contribution in [0.1, 0.15) is 12.0 Å². The van der Waals surface area contributed by atoms with Crippen LogP contribution in [0.2, 0.25) is 5.02 Å². The summed E-state index contributed by atoms with van der Waals surface area (Å²) >= 11 is 5.78. The number of rotatable bonds is 3. The first-order valence-electron chi connectivity index (χ1n) is 3.88. The van der Waals surface area contributed by atoms with E-state index in [4.69, 9.17) is 17.3 Å². The van der Waals surface area contributed by atoms with Crippen LogP contribution in [0, 0.1) is 5.82 Å². The fraction of sp³-hybridized carbons (Fsp3) is 0.333. The van der Waals surface area contributed by atoms with Crippen LogP contribution >= 0.6 is 24.0 Å². The van der Waals surface area contributed by atoms with Crippen LogP contribution < -0.4 is 5.73 Å². The first kappa shape index (κ1) is 12.7. The Bertz CT molecular complexity index is 246. The van der Waals surface area contributed by atoms with Crippen molar-refractivity contribution in [3.8, 4) is 0 Å². The predicted molar refractivity (Wildman–Crippen MR) is 56.0 cm³/mol. The normalized spacial score (nSPS) is 9.46. The molecule has 0 aliphatic carbocycles. The van der Waals surface area contributed by atoms with Crippen molar-refractivity contribution in [2.24, 2.45) is 5.73 Å². The highest BCUT2D eigenvalue weighted by Crippen LogP contribution is 2.19. The maximum atomic E-state index is 13.0. The van der Waals surface area contributed by atoms with E-state index in [0.29, 0.717) is 23.6 Å². The van der Waals surface area contributed by atoms with Gasteiger partial charge in [-0.1, -0.05) is 17.7 Å². The highest BCUT2D eigenvalue weighted by Gasteiger charge is 2.04. The van der Waals surface area contributed by atoms with Gasteiger partial charge in [-0.15, -0.1) is 12.4 Å². The Hall–Kier alpha value is -0.310. The molecule has 0 unspecified atom stereocenters. The fourth-order valence-corrected chi connectivity index (χ4v) is 1.31. The van der Waals surface area contributed by atoms with Gasteiger partial charge in [0.15, 0.2) is 0 Å². The lowest BCUT2D eigenvalue weighted by molar-refractivity contribution is 0.605. The summed E-state index contributed by atoms with van der Waals surface area (Å²) in [4.78, 5) is 0. The van der Waals surface area contributed by atoms with Crippen molar-refractivity contribution in [2.75, 3.05) is 6.54 Å². The van der Waals surface area contributed by atoms with Gasteiger partial charge in [0.1, 0.15) is 5.82 Å². The first-order chi connectivity index (χ1) is 5.75. The Morgan fingerprint density at radius 2 is 2.08 bits per heavy atom. The molecule has 0 heterocycles. The summed E-state index contributed by atoms with van der Waals surface area (Å²) < 4.78 is 13.0. The van der Waals surface area contributed by atoms with Crippen molar-refractivity contribution in [1.29, 1.82) is 0 Å². The summed E-state index contributed by atoms with van der Waals surface area (Å²) in [5.41, 5.74) is 5.88. The minimum absolute atomic E-state index is 0. The topological polar surface area (TPSA) is 26.0 Å². The Kier molecular flexibility index (Phi) is 6.04. The lowest BCUT2D eigenvalue weighted by atomic mass is 10.1. The van der Waals surface area contributed by atoms with Gasteiger partial charge in [0.2, 0.25) is 0 Å². The van der Waals surface area contributed by atoms with E-state index in [-0.39, 0.29) is 18.2 Å². The largest absolute Gasteiger partial charge is 0.330 e. The zero-order chi connectivity index (χ0) is 8.97. The van der Waals surface area contributed by atoms with Crippen LogP contribution in [0.3, 0.4) is 0 Å². The zero-order valence-corrected chi connectivity index (χ0v) is 8.67. The predicted octanol–water partition coefficient (Wildman–Crippen LogP) is 2.79. The van der Waals surface area contributed by atoms with Crippen molar-refractivity contribution in [3.05, 3.63) is 34.6 Å². The summed E-state index contributed by atoms with van der Waals surface area (Å²) in [5, 5.41) is 0.489. The van der Waals surface area contributed by atoms with Crippen LogP contribution in [0.4, 0.5) is 4.39 Å². The molecule has 0 atom stereocenters. The molecular weight excluding hydrogens is 212 g/mol. The minimum Gasteiger partial charge on any atom is -0.330 e. The molecule has 0 aromatic heterocycles. The molecule has 74 valence electrons. The van der Waals surface area contributed by atoms with Gasteiger partial charge < -0.3 is 5.73 Å². The maximum Gasteiger partial charge on any atom is 0.127 e. The Morgan fingerprint density at radius 3 is 2.62 bits per heavy atom. The lowest BCUT2D eigenvalue weighted by Crippen LogP contribution is -2.02. The standard InChI is InChI=1S/C9H11ClFN.ClH/c10-8-4-1-5-9(11)7(8)3-2-6-12;/h1,4-5H,2-3,6,12H2;1H. The third-order valence-corrected chi connectivity index (χ3v) is 2.05. The Labute approximate surface area is 88.5 Å². The van der Waals surface area contributed by atoms with E-state index in [1.807, 2.05) is 0 Å². The van der Waals surface area contributed by atoms with E-state index in [0.717, 1.165) is 6.42 Å². The van der Waals surface area contributed by atoms with Crippen LogP contribution in [0.15, 0.2) is 18.2 Å². The first-order valence-corrected chi connectivity index (χ1v) is 4.26. The number of hydrogen-bond acceptors (Lipinski definition) is 1. The van der Waals surface area contributed by atoms with Gasteiger partial charge in [-0.25, -0.2) is 4.39 Å². The minimum atomic E-state index is -0.240. The molecule has 1 rings (SSSR count). The zero-order valence-electron chi connectivity index (χ0n) is 7.09. The van der Waals surface area contributed by atoms with Gasteiger partial charge in [0, 0.05) is 10.6 Å². The fourth-order valence-electron chi connectivity index (χ4n) is 1.05. The number of benzene rings is 1. The molecule has 1 aromatic carbocycles. The van der Waals surface area contributed by atoms with Gasteiger partial charge in [-0.3, -0.25) is 0 Å². The summed E-state index contributed by atoms with van der Waals surface area (Å²) in [5.74, 6) is -0.240. The molecule has 4 heteroatoms. The van der Waals surface area contributed by atoms with Gasteiger partial charge in [-0.05, 0) is 31.5 Å². The molecule has 0 amide bonds. The average Bonchev–Trinajstić information content (AvgIpc) is 2.04. The molecular formula is C9H12Cl2FN. The van der Waals surface area contributed by atoms with Crippen molar-refractivity contribution >= 4 is 24.0 Å². The molecule has 0 saturated heterocycles. The van der Waals surface area contributed by atoms with Gasteiger partial charge in [-0.2, -0.15) is 0 Å². The van der Waals surface area contributed by atoms with E-state index < -0.39 is 0 Å². The highest BCUT2D eigenvalue weighted by atomic mass is 35.5. The summed E-state index contributed by atoms with van der Waals surface area (Å²) in [7, 11) is 0. The van der Waals surface area contributed by atoms with Crippen LogP contribution in [-0.4, -0.2) is 6.54 Å². The summed E-state index contributed by atoms with van der Waals surface area (Å²) in [6.07, 6.45) is 1.38. The molecule has 0 radical (unpaired) electrons. The molecule has 0 fully saturated rings. The van der Waals surface area contributed by atoms with Crippen LogP contribution in [0.5, 0.6) is 0 Å². The van der Waals surface area contributed by atoms with Gasteiger partial charge in [0.05, 0.1) is 0 Å². The SMILES string of the molecule is Cl.NCCCc1c(F)cccc1Cl. The summed E-state index contributed by atoms with van der Waals surface area (Å²) in [6, 6.07) is 4.71. The van der Waals surface area contributed by atoms with E-state index in [1.54, 1.807) is 12.1 Å². The third kappa shape index (κ3) is 3.51. The monoisotopic (exact) mass is 223 g/mol. The van der Waals surface area contributed by atoms with Gasteiger partial charge >= 0.3 is 0 Å². The molecule has 0 bridgehead atoms. The van der Waals surface area contributed by atoms with Crippen molar-refractivity contribution in [1.82, 2.24) is 0 Å². The van der Waals surface area contributed by atoms with Crippen LogP contribution in [0.25, 0.3) is 0 Å². The Morgan fingerprint density at radius 1 is 1.38 bits per heavy atom. The second kappa shape index (κ2) is 6.19. The second-order valence-corrected chi connectivity index (χ2v) is 3.00. The number of halogens is 3. The Balaban J connectivity index is 0.00000144. The molecule has 0 aliphatic rings. The van der Waals surface area contributed by atoms with E-state index in [9.17, 15) is 4.39 Å². The maximum absolute atomic E-state index is 13.0. The van der Waals surface area contributed by atoms with Crippen LogP contribution in [-0.2, 0) is 6.42 Å². The van der Waals surface area contributed by atoms with Gasteiger partial charge in [0.25, 0.3) is 0 Å². The molecule has 13 heavy (non-hydrogen) atoms. The molecule has 1 nitrogen and oxygen atoms in total. The number of nitrogens with two attached hydrogens (primary N) is 1. The molecule has 0 saturated carbocycles. The highest BCUT2D eigenvalue weighted by molar-refractivity contribution is 6.31. The molecule has 1 aromatic rings. The smallest absolute Gasteiger partial charge is 0.127 e. The number of hydrogen-bond donors (Lipinski definition) is 1. The second-order valence-electron chi connectivity index (χ2n) is 2.59. The van der Waals surface area contributed by atoms with Crippen molar-refractivity contribution in [3.63, 3.8) is 0 Å². The van der Waals surface area contributed by atoms with E-state index in [1.165, 1.54) is 6.07 Å². The average molecular weight is 224 g/mol. The summed E-state index contributed by atoms with van der Waals surface area (Å²) in [6.45, 7) is 0.560. The molecule has 0 spiro atoms. The quantitative estimate of drug-likeness (QED) is 0.839.